The van der Waals surface area contributed by atoms with Gasteiger partial charge in [0.2, 0.25) is 5.91 Å². The predicted molar refractivity (Wildman–Crippen MR) is 70.8 cm³/mol. The number of phenols is 1. The van der Waals surface area contributed by atoms with Crippen molar-refractivity contribution in [1.82, 2.24) is 10.2 Å². The van der Waals surface area contributed by atoms with E-state index < -0.39 is 17.7 Å². The molecule has 0 fully saturated rings. The summed E-state index contributed by atoms with van der Waals surface area (Å²) in [6, 6.07) is 2.97. The molecule has 8 heteroatoms. The first-order valence-corrected chi connectivity index (χ1v) is 5.62. The molecule has 1 rings (SSSR count). The summed E-state index contributed by atoms with van der Waals surface area (Å²) in [5.41, 5.74) is -0.0546. The Kier molecular flexibility index (Phi) is 4.90. The molecule has 0 unspecified atom stereocenters. The smallest absolute Gasteiger partial charge is 0.339 e. The number of urea groups is 1. The summed E-state index contributed by atoms with van der Waals surface area (Å²) in [5.74, 6) is -2.00. The highest BCUT2D eigenvalue weighted by molar-refractivity contribution is 5.95. The zero-order valence-corrected chi connectivity index (χ0v) is 11.0. The van der Waals surface area contributed by atoms with E-state index in [0.717, 1.165) is 12.1 Å². The summed E-state index contributed by atoms with van der Waals surface area (Å²) in [7, 11) is 3.12. The molecule has 0 aliphatic rings. The number of nitrogens with one attached hydrogen (secondary N) is 2. The van der Waals surface area contributed by atoms with Gasteiger partial charge in [-0.1, -0.05) is 0 Å². The third-order valence-corrected chi connectivity index (χ3v) is 2.38. The van der Waals surface area contributed by atoms with Gasteiger partial charge in [-0.3, -0.25) is 4.79 Å². The Hall–Kier alpha value is -2.77. The van der Waals surface area contributed by atoms with Gasteiger partial charge in [0.15, 0.2) is 0 Å². The summed E-state index contributed by atoms with van der Waals surface area (Å²) >= 11 is 0. The average Bonchev–Trinajstić information content (AvgIpc) is 2.35. The molecule has 20 heavy (non-hydrogen) atoms. The summed E-state index contributed by atoms with van der Waals surface area (Å²) in [5, 5.41) is 22.9. The number of aromatic carboxylic acids is 1. The highest BCUT2D eigenvalue weighted by Crippen LogP contribution is 2.21. The van der Waals surface area contributed by atoms with E-state index in [1.807, 2.05) is 0 Å². The molecule has 0 heterocycles. The van der Waals surface area contributed by atoms with Crippen molar-refractivity contribution in [2.24, 2.45) is 0 Å². The lowest BCUT2D eigenvalue weighted by Gasteiger charge is -2.12. The molecule has 0 saturated heterocycles. The summed E-state index contributed by atoms with van der Waals surface area (Å²) in [6.45, 7) is -0.169. The molecule has 1 aromatic carbocycles. The molecule has 108 valence electrons. The fourth-order valence-corrected chi connectivity index (χ4v) is 1.28. The van der Waals surface area contributed by atoms with Crippen LogP contribution in [-0.2, 0) is 4.79 Å². The highest BCUT2D eigenvalue weighted by atomic mass is 16.4. The van der Waals surface area contributed by atoms with Crippen LogP contribution in [0.4, 0.5) is 10.5 Å². The number of carbonyl (C=O) groups excluding carboxylic acids is 2. The molecule has 0 radical (unpaired) electrons. The molecule has 0 bridgehead atoms. The lowest BCUT2D eigenvalue weighted by molar-refractivity contribution is -0.127. The standard InChI is InChI=1S/C12H15N3O5/c1-15(2)10(17)6-13-12(20)14-7-3-4-8(11(18)19)9(16)5-7/h3-5,16H,6H2,1-2H3,(H,18,19)(H2,13,14,20). The number of hydrogen-bond acceptors (Lipinski definition) is 4. The van der Waals surface area contributed by atoms with Crippen molar-refractivity contribution >= 4 is 23.6 Å². The van der Waals surface area contributed by atoms with Crippen molar-refractivity contribution in [1.29, 1.82) is 0 Å². The number of carboxylic acid groups (broad SMARTS) is 1. The van der Waals surface area contributed by atoms with E-state index >= 15 is 0 Å². The largest absolute Gasteiger partial charge is 0.507 e. The Morgan fingerprint density at radius 1 is 1.25 bits per heavy atom. The van der Waals surface area contributed by atoms with Crippen LogP contribution >= 0.6 is 0 Å². The van der Waals surface area contributed by atoms with Crippen LogP contribution in [-0.4, -0.2) is 53.7 Å². The van der Waals surface area contributed by atoms with Gasteiger partial charge in [0.1, 0.15) is 11.3 Å². The molecule has 0 saturated carbocycles. The number of carboxylic acids is 1. The van der Waals surface area contributed by atoms with Crippen LogP contribution in [0, 0.1) is 0 Å². The molecular formula is C12H15N3O5. The molecule has 0 spiro atoms. The quantitative estimate of drug-likeness (QED) is 0.633. The van der Waals surface area contributed by atoms with Gasteiger partial charge in [0, 0.05) is 25.8 Å². The fourth-order valence-electron chi connectivity index (χ4n) is 1.28. The maximum absolute atomic E-state index is 11.5. The van der Waals surface area contributed by atoms with Gasteiger partial charge in [-0.25, -0.2) is 9.59 Å². The Labute approximate surface area is 115 Å². The first kappa shape index (κ1) is 15.3. The van der Waals surface area contributed by atoms with Gasteiger partial charge in [-0.2, -0.15) is 0 Å². The minimum absolute atomic E-state index is 0.169. The zero-order valence-electron chi connectivity index (χ0n) is 11.0. The molecule has 8 nitrogen and oxygen atoms in total. The number of hydrogen-bond donors (Lipinski definition) is 4. The third kappa shape index (κ3) is 4.16. The normalized spacial score (nSPS) is 9.70. The van der Waals surface area contributed by atoms with E-state index in [4.69, 9.17) is 5.11 Å². The highest BCUT2D eigenvalue weighted by Gasteiger charge is 2.11. The van der Waals surface area contributed by atoms with Crippen LogP contribution in [0.15, 0.2) is 18.2 Å². The van der Waals surface area contributed by atoms with Gasteiger partial charge in [-0.15, -0.1) is 0 Å². The number of likely N-dealkylation sites (N-methyl/N-ethyl adjacent to an activating group) is 1. The Balaban J connectivity index is 2.61. The second-order valence-electron chi connectivity index (χ2n) is 4.13. The number of anilines is 1. The zero-order chi connectivity index (χ0) is 15.3. The van der Waals surface area contributed by atoms with Crippen LogP contribution in [0.25, 0.3) is 0 Å². The van der Waals surface area contributed by atoms with Gasteiger partial charge >= 0.3 is 12.0 Å². The van der Waals surface area contributed by atoms with Crippen molar-refractivity contribution < 1.29 is 24.6 Å². The first-order chi connectivity index (χ1) is 9.31. The van der Waals surface area contributed by atoms with E-state index in [9.17, 15) is 19.5 Å². The lowest BCUT2D eigenvalue weighted by Crippen LogP contribution is -2.38. The van der Waals surface area contributed by atoms with E-state index in [1.54, 1.807) is 14.1 Å². The molecule has 0 aliphatic heterocycles. The SMILES string of the molecule is CN(C)C(=O)CNC(=O)Nc1ccc(C(=O)O)c(O)c1. The van der Waals surface area contributed by atoms with Crippen LogP contribution < -0.4 is 10.6 Å². The Bertz CT molecular complexity index is 542. The van der Waals surface area contributed by atoms with Crippen LogP contribution in [0.5, 0.6) is 5.75 Å². The number of rotatable bonds is 4. The van der Waals surface area contributed by atoms with E-state index in [2.05, 4.69) is 10.6 Å². The maximum atomic E-state index is 11.5. The molecule has 4 N–H and O–H groups in total. The molecule has 1 aromatic rings. The number of amides is 3. The second-order valence-corrected chi connectivity index (χ2v) is 4.13. The molecule has 0 atom stereocenters. The number of aromatic hydroxyl groups is 1. The van der Waals surface area contributed by atoms with Gasteiger partial charge < -0.3 is 25.7 Å². The van der Waals surface area contributed by atoms with Gasteiger partial charge in [0.25, 0.3) is 0 Å². The van der Waals surface area contributed by atoms with Crippen LogP contribution in [0.3, 0.4) is 0 Å². The van der Waals surface area contributed by atoms with E-state index in [-0.39, 0.29) is 23.7 Å². The van der Waals surface area contributed by atoms with Crippen molar-refractivity contribution in [3.8, 4) is 5.75 Å². The third-order valence-electron chi connectivity index (χ3n) is 2.38. The monoisotopic (exact) mass is 281 g/mol. The molecular weight excluding hydrogens is 266 g/mol. The van der Waals surface area contributed by atoms with Crippen molar-refractivity contribution in [3.63, 3.8) is 0 Å². The minimum Gasteiger partial charge on any atom is -0.507 e. The van der Waals surface area contributed by atoms with Crippen molar-refractivity contribution in [2.45, 2.75) is 0 Å². The van der Waals surface area contributed by atoms with Crippen molar-refractivity contribution in [3.05, 3.63) is 23.8 Å². The molecule has 3 amide bonds. The number of benzene rings is 1. The Morgan fingerprint density at radius 2 is 1.90 bits per heavy atom. The summed E-state index contributed by atoms with van der Waals surface area (Å²) in [4.78, 5) is 34.8. The fraction of sp³-hybridized carbons (Fsp3) is 0.250. The van der Waals surface area contributed by atoms with Gasteiger partial charge in [-0.05, 0) is 12.1 Å². The summed E-state index contributed by atoms with van der Waals surface area (Å²) in [6.07, 6.45) is 0. The second kappa shape index (κ2) is 6.41. The summed E-state index contributed by atoms with van der Waals surface area (Å²) < 4.78 is 0. The molecule has 0 aliphatic carbocycles. The molecule has 0 aromatic heterocycles. The number of carbonyl (C=O) groups is 3. The first-order valence-electron chi connectivity index (χ1n) is 5.62. The maximum Gasteiger partial charge on any atom is 0.339 e. The van der Waals surface area contributed by atoms with Gasteiger partial charge in [0.05, 0.1) is 6.54 Å². The lowest BCUT2D eigenvalue weighted by atomic mass is 10.2. The minimum atomic E-state index is -1.27. The number of nitrogens with zero attached hydrogens (tertiary/aromatic N) is 1. The van der Waals surface area contributed by atoms with Crippen LogP contribution in [0.2, 0.25) is 0 Å². The predicted octanol–water partition coefficient (Wildman–Crippen LogP) is 0.300. The Morgan fingerprint density at radius 3 is 2.40 bits per heavy atom. The average molecular weight is 281 g/mol. The van der Waals surface area contributed by atoms with E-state index in [1.165, 1.54) is 11.0 Å². The van der Waals surface area contributed by atoms with Crippen LogP contribution in [0.1, 0.15) is 10.4 Å². The van der Waals surface area contributed by atoms with E-state index in [0.29, 0.717) is 0 Å². The van der Waals surface area contributed by atoms with Crippen molar-refractivity contribution in [2.75, 3.05) is 26.0 Å². The topological polar surface area (TPSA) is 119 Å².